The van der Waals surface area contributed by atoms with E-state index in [4.69, 9.17) is 5.11 Å². The Morgan fingerprint density at radius 3 is 2.33 bits per heavy atom. The number of thioether (sulfide) groups is 1. The molecule has 0 spiro atoms. The molecule has 2 atom stereocenters. The van der Waals surface area contributed by atoms with Gasteiger partial charge in [0.25, 0.3) is 0 Å². The number of rotatable bonds is 9. The van der Waals surface area contributed by atoms with Crippen LogP contribution >= 0.6 is 11.8 Å². The Hall–Kier alpha value is -0.910. The molecule has 18 heavy (non-hydrogen) atoms. The van der Waals surface area contributed by atoms with Gasteiger partial charge in [0.05, 0.1) is 5.92 Å². The maximum atomic E-state index is 11.3. The Morgan fingerprint density at radius 1 is 1.17 bits per heavy atom. The van der Waals surface area contributed by atoms with E-state index in [1.54, 1.807) is 18.7 Å². The van der Waals surface area contributed by atoms with E-state index in [0.717, 1.165) is 6.42 Å². The molecule has 0 saturated carbocycles. The van der Waals surface area contributed by atoms with Gasteiger partial charge in [-0.25, -0.2) is 4.79 Å². The Morgan fingerprint density at radius 2 is 1.78 bits per heavy atom. The zero-order chi connectivity index (χ0) is 14.0. The van der Waals surface area contributed by atoms with Crippen LogP contribution in [0.2, 0.25) is 0 Å². The summed E-state index contributed by atoms with van der Waals surface area (Å²) in [6.07, 6.45) is 4.26. The SMILES string of the molecule is CSC(C)CCNC(=O)NCCCC(C)C(=O)O. The molecule has 0 aliphatic heterocycles. The minimum atomic E-state index is -0.787. The van der Waals surface area contributed by atoms with Crippen LogP contribution in [0.1, 0.15) is 33.1 Å². The number of hydrogen-bond acceptors (Lipinski definition) is 3. The van der Waals surface area contributed by atoms with E-state index in [2.05, 4.69) is 17.6 Å². The van der Waals surface area contributed by atoms with Crippen molar-refractivity contribution in [2.75, 3.05) is 19.3 Å². The van der Waals surface area contributed by atoms with Gasteiger partial charge in [-0.15, -0.1) is 0 Å². The van der Waals surface area contributed by atoms with E-state index < -0.39 is 5.97 Å². The fourth-order valence-corrected chi connectivity index (χ4v) is 1.66. The van der Waals surface area contributed by atoms with Gasteiger partial charge in [0.1, 0.15) is 0 Å². The van der Waals surface area contributed by atoms with Gasteiger partial charge in [-0.1, -0.05) is 13.8 Å². The van der Waals surface area contributed by atoms with Crippen molar-refractivity contribution < 1.29 is 14.7 Å². The first-order valence-electron chi connectivity index (χ1n) is 6.24. The van der Waals surface area contributed by atoms with Crippen molar-refractivity contribution in [1.82, 2.24) is 10.6 Å². The lowest BCUT2D eigenvalue weighted by atomic mass is 10.1. The molecule has 2 amide bonds. The number of carbonyl (C=O) groups excluding carboxylic acids is 1. The minimum Gasteiger partial charge on any atom is -0.481 e. The molecule has 0 rings (SSSR count). The minimum absolute atomic E-state index is 0.175. The molecule has 0 aliphatic rings. The zero-order valence-electron chi connectivity index (χ0n) is 11.4. The van der Waals surface area contributed by atoms with Crippen molar-refractivity contribution in [2.24, 2.45) is 5.92 Å². The summed E-state index contributed by atoms with van der Waals surface area (Å²) >= 11 is 1.78. The Bertz CT molecular complexity index is 262. The van der Waals surface area contributed by atoms with Crippen LogP contribution in [0, 0.1) is 5.92 Å². The number of amides is 2. The number of urea groups is 1. The Balaban J connectivity index is 3.45. The van der Waals surface area contributed by atoms with Crippen molar-refractivity contribution in [3.63, 3.8) is 0 Å². The second-order valence-corrected chi connectivity index (χ2v) is 5.68. The molecule has 0 aliphatic carbocycles. The summed E-state index contributed by atoms with van der Waals surface area (Å²) < 4.78 is 0. The predicted octanol–water partition coefficient (Wildman–Crippen LogP) is 1.93. The first-order chi connectivity index (χ1) is 8.47. The van der Waals surface area contributed by atoms with Gasteiger partial charge in [-0.05, 0) is 25.5 Å². The summed E-state index contributed by atoms with van der Waals surface area (Å²) in [6, 6.07) is -0.175. The van der Waals surface area contributed by atoms with Gasteiger partial charge in [-0.2, -0.15) is 11.8 Å². The van der Waals surface area contributed by atoms with E-state index in [1.165, 1.54) is 0 Å². The first-order valence-corrected chi connectivity index (χ1v) is 7.53. The fraction of sp³-hybridized carbons (Fsp3) is 0.833. The molecular weight excluding hydrogens is 252 g/mol. The molecular formula is C12H24N2O3S. The van der Waals surface area contributed by atoms with E-state index in [9.17, 15) is 9.59 Å². The van der Waals surface area contributed by atoms with Crippen LogP contribution < -0.4 is 10.6 Å². The molecule has 0 radical (unpaired) electrons. The van der Waals surface area contributed by atoms with E-state index in [-0.39, 0.29) is 11.9 Å². The summed E-state index contributed by atoms with van der Waals surface area (Å²) in [7, 11) is 0. The zero-order valence-corrected chi connectivity index (χ0v) is 12.2. The Labute approximate surface area is 113 Å². The highest BCUT2D eigenvalue weighted by Gasteiger charge is 2.10. The van der Waals surface area contributed by atoms with Crippen LogP contribution in [0.4, 0.5) is 4.79 Å². The maximum Gasteiger partial charge on any atom is 0.314 e. The summed E-state index contributed by atoms with van der Waals surface area (Å²) in [5, 5.41) is 14.7. The fourth-order valence-electron chi connectivity index (χ4n) is 1.30. The second-order valence-electron chi connectivity index (χ2n) is 4.40. The number of nitrogens with one attached hydrogen (secondary N) is 2. The van der Waals surface area contributed by atoms with E-state index in [1.807, 2.05) is 6.26 Å². The normalized spacial score (nSPS) is 13.7. The average molecular weight is 276 g/mol. The summed E-state index contributed by atoms with van der Waals surface area (Å²) in [4.78, 5) is 21.9. The van der Waals surface area contributed by atoms with Crippen molar-refractivity contribution in [3.8, 4) is 0 Å². The molecule has 2 unspecified atom stereocenters. The van der Waals surface area contributed by atoms with Gasteiger partial charge >= 0.3 is 12.0 Å². The van der Waals surface area contributed by atoms with Gasteiger partial charge in [0.15, 0.2) is 0 Å². The smallest absolute Gasteiger partial charge is 0.314 e. The molecule has 106 valence electrons. The first kappa shape index (κ1) is 17.1. The lowest BCUT2D eigenvalue weighted by molar-refractivity contribution is -0.141. The van der Waals surface area contributed by atoms with Crippen LogP contribution in [-0.2, 0) is 4.79 Å². The van der Waals surface area contributed by atoms with Crippen LogP contribution in [0.25, 0.3) is 0 Å². The van der Waals surface area contributed by atoms with E-state index >= 15 is 0 Å². The highest BCUT2D eigenvalue weighted by molar-refractivity contribution is 7.99. The van der Waals surface area contributed by atoms with Crippen LogP contribution in [0.5, 0.6) is 0 Å². The summed E-state index contributed by atoms with van der Waals surface area (Å²) in [5.74, 6) is -1.14. The lowest BCUT2D eigenvalue weighted by Gasteiger charge is -2.10. The number of carboxylic acids is 1. The number of hydrogen-bond donors (Lipinski definition) is 3. The lowest BCUT2D eigenvalue weighted by Crippen LogP contribution is -2.37. The number of carboxylic acid groups (broad SMARTS) is 1. The van der Waals surface area contributed by atoms with Gasteiger partial charge in [0.2, 0.25) is 0 Å². The molecule has 5 nitrogen and oxygen atoms in total. The summed E-state index contributed by atoms with van der Waals surface area (Å²) in [6.45, 7) is 4.98. The molecule has 0 aromatic carbocycles. The second kappa shape index (κ2) is 10.1. The highest BCUT2D eigenvalue weighted by atomic mass is 32.2. The number of carbonyl (C=O) groups is 2. The molecule has 0 bridgehead atoms. The quantitative estimate of drug-likeness (QED) is 0.562. The monoisotopic (exact) mass is 276 g/mol. The van der Waals surface area contributed by atoms with Crippen molar-refractivity contribution in [1.29, 1.82) is 0 Å². The molecule has 0 aromatic rings. The third kappa shape index (κ3) is 9.15. The molecule has 0 aromatic heterocycles. The Kier molecular flexibility index (Phi) is 9.55. The molecule has 0 fully saturated rings. The predicted molar refractivity (Wildman–Crippen MR) is 75.0 cm³/mol. The van der Waals surface area contributed by atoms with Gasteiger partial charge < -0.3 is 15.7 Å². The topological polar surface area (TPSA) is 78.4 Å². The largest absolute Gasteiger partial charge is 0.481 e. The third-order valence-electron chi connectivity index (χ3n) is 2.76. The van der Waals surface area contributed by atoms with E-state index in [0.29, 0.717) is 31.2 Å². The van der Waals surface area contributed by atoms with Crippen molar-refractivity contribution in [3.05, 3.63) is 0 Å². The molecule has 3 N–H and O–H groups in total. The standard InChI is InChI=1S/C12H24N2O3S/c1-9(11(15)16)5-4-7-13-12(17)14-8-6-10(2)18-3/h9-10H,4-8H2,1-3H3,(H,15,16)(H2,13,14,17). The van der Waals surface area contributed by atoms with Crippen LogP contribution in [0.15, 0.2) is 0 Å². The van der Waals surface area contributed by atoms with Crippen molar-refractivity contribution >= 4 is 23.8 Å². The third-order valence-corrected chi connectivity index (χ3v) is 3.80. The average Bonchev–Trinajstić information content (AvgIpc) is 2.33. The van der Waals surface area contributed by atoms with Gasteiger partial charge in [-0.3, -0.25) is 4.79 Å². The molecule has 0 saturated heterocycles. The maximum absolute atomic E-state index is 11.3. The highest BCUT2D eigenvalue weighted by Crippen LogP contribution is 2.07. The van der Waals surface area contributed by atoms with Crippen LogP contribution in [0.3, 0.4) is 0 Å². The molecule has 6 heteroatoms. The summed E-state index contributed by atoms with van der Waals surface area (Å²) in [5.41, 5.74) is 0. The number of aliphatic carboxylic acids is 1. The van der Waals surface area contributed by atoms with Crippen LogP contribution in [-0.4, -0.2) is 41.7 Å². The van der Waals surface area contributed by atoms with Crippen molar-refractivity contribution in [2.45, 2.75) is 38.4 Å². The van der Waals surface area contributed by atoms with Gasteiger partial charge in [0, 0.05) is 18.3 Å². The molecule has 0 heterocycles.